The lowest BCUT2D eigenvalue weighted by atomic mass is 10.1. The molecule has 2 aromatic carbocycles. The Balaban J connectivity index is 1.25. The monoisotopic (exact) mass is 504 g/mol. The van der Waals surface area contributed by atoms with Gasteiger partial charge in [0.15, 0.2) is 5.11 Å². The second kappa shape index (κ2) is 11.6. The van der Waals surface area contributed by atoms with Gasteiger partial charge in [-0.15, -0.1) is 0 Å². The predicted octanol–water partition coefficient (Wildman–Crippen LogP) is 5.44. The quantitative estimate of drug-likeness (QED) is 0.328. The lowest BCUT2D eigenvalue weighted by molar-refractivity contribution is 0.626. The van der Waals surface area contributed by atoms with Crippen LogP contribution in [0, 0.1) is 5.82 Å². The van der Waals surface area contributed by atoms with Crippen molar-refractivity contribution in [2.45, 2.75) is 51.6 Å². The van der Waals surface area contributed by atoms with E-state index in [1.807, 2.05) is 12.1 Å². The van der Waals surface area contributed by atoms with E-state index in [4.69, 9.17) is 22.2 Å². The highest BCUT2D eigenvalue weighted by molar-refractivity contribution is 7.80. The van der Waals surface area contributed by atoms with Crippen LogP contribution >= 0.6 is 12.2 Å². The predicted molar refractivity (Wildman–Crippen MR) is 148 cm³/mol. The number of aromatic nitrogens is 2. The zero-order chi connectivity index (χ0) is 24.7. The van der Waals surface area contributed by atoms with E-state index in [0.717, 1.165) is 56.2 Å². The summed E-state index contributed by atoms with van der Waals surface area (Å²) in [7, 11) is 0. The topological polar surface area (TPSA) is 56.3 Å². The normalized spacial score (nSPS) is 15.4. The number of thiocarbonyl (C=S) groups is 1. The van der Waals surface area contributed by atoms with Crippen molar-refractivity contribution in [3.05, 3.63) is 77.1 Å². The van der Waals surface area contributed by atoms with Gasteiger partial charge in [0.1, 0.15) is 17.5 Å². The van der Waals surface area contributed by atoms with Gasteiger partial charge in [-0.3, -0.25) is 0 Å². The molecule has 3 heterocycles. The molecule has 0 radical (unpaired) electrons. The molecule has 0 aliphatic carbocycles. The molecule has 0 unspecified atom stereocenters. The Morgan fingerprint density at radius 2 is 1.50 bits per heavy atom. The zero-order valence-electron chi connectivity index (χ0n) is 20.5. The first kappa shape index (κ1) is 24.4. The number of nitrogens with one attached hydrogen (secondary N) is 2. The number of hydrogen-bond donors (Lipinski definition) is 2. The van der Waals surface area contributed by atoms with Crippen molar-refractivity contribution in [1.82, 2.24) is 15.3 Å². The van der Waals surface area contributed by atoms with Crippen molar-refractivity contribution in [2.75, 3.05) is 34.8 Å². The summed E-state index contributed by atoms with van der Waals surface area (Å²) in [5, 5.41) is 7.00. The van der Waals surface area contributed by atoms with E-state index in [1.54, 1.807) is 0 Å². The molecule has 0 spiro atoms. The minimum absolute atomic E-state index is 0.207. The Labute approximate surface area is 217 Å². The molecule has 0 atom stereocenters. The minimum Gasteiger partial charge on any atom is -0.362 e. The van der Waals surface area contributed by atoms with Gasteiger partial charge in [-0.25, -0.2) is 4.39 Å². The van der Waals surface area contributed by atoms with Gasteiger partial charge >= 0.3 is 0 Å². The van der Waals surface area contributed by atoms with Gasteiger partial charge in [-0.2, -0.15) is 9.97 Å². The number of hydrogen-bond acceptors (Lipinski definition) is 5. The molecular formula is C28H33FN6S. The van der Waals surface area contributed by atoms with Crippen LogP contribution in [0.1, 0.15) is 48.8 Å². The average Bonchev–Trinajstić information content (AvgIpc) is 3.14. The van der Waals surface area contributed by atoms with Crippen LogP contribution in [0.3, 0.4) is 0 Å². The number of aryl methyl sites for hydroxylation is 1. The molecule has 0 saturated carbocycles. The van der Waals surface area contributed by atoms with Crippen molar-refractivity contribution in [1.29, 1.82) is 0 Å². The van der Waals surface area contributed by atoms with Crippen LogP contribution in [0.25, 0.3) is 0 Å². The van der Waals surface area contributed by atoms with Crippen molar-refractivity contribution in [3.8, 4) is 0 Å². The van der Waals surface area contributed by atoms with Gasteiger partial charge < -0.3 is 20.4 Å². The van der Waals surface area contributed by atoms with Crippen molar-refractivity contribution >= 4 is 34.9 Å². The fourth-order valence-corrected chi connectivity index (χ4v) is 5.08. The summed E-state index contributed by atoms with van der Waals surface area (Å²) in [6, 6.07) is 17.4. The Morgan fingerprint density at radius 1 is 0.861 bits per heavy atom. The van der Waals surface area contributed by atoms with E-state index in [9.17, 15) is 4.39 Å². The number of fused-ring (bicyclic) bond motifs is 1. The molecule has 0 bridgehead atoms. The molecule has 188 valence electrons. The summed E-state index contributed by atoms with van der Waals surface area (Å²) >= 11 is 5.56. The summed E-state index contributed by atoms with van der Waals surface area (Å²) in [5.74, 6) is 2.20. The van der Waals surface area contributed by atoms with Crippen LogP contribution < -0.4 is 20.4 Å². The highest BCUT2D eigenvalue weighted by Gasteiger charge is 2.22. The van der Waals surface area contributed by atoms with Gasteiger partial charge in [-0.05, 0) is 66.7 Å². The van der Waals surface area contributed by atoms with E-state index in [1.165, 1.54) is 48.9 Å². The summed E-state index contributed by atoms with van der Waals surface area (Å²) in [5.41, 5.74) is 3.81. The van der Waals surface area contributed by atoms with Gasteiger partial charge in [0, 0.05) is 38.8 Å². The van der Waals surface area contributed by atoms with E-state index < -0.39 is 0 Å². The van der Waals surface area contributed by atoms with Crippen LogP contribution in [0.5, 0.6) is 0 Å². The second-order valence-electron chi connectivity index (χ2n) is 9.54. The van der Waals surface area contributed by atoms with Gasteiger partial charge in [0.05, 0.1) is 0 Å². The summed E-state index contributed by atoms with van der Waals surface area (Å²) in [6.07, 6.45) is 6.66. The number of halogens is 1. The largest absolute Gasteiger partial charge is 0.362 e. The van der Waals surface area contributed by atoms with Crippen LogP contribution in [-0.2, 0) is 19.5 Å². The van der Waals surface area contributed by atoms with Crippen LogP contribution in [-0.4, -0.2) is 34.7 Å². The second-order valence-corrected chi connectivity index (χ2v) is 9.95. The van der Waals surface area contributed by atoms with Crippen LogP contribution in [0.2, 0.25) is 0 Å². The Kier molecular flexibility index (Phi) is 7.91. The van der Waals surface area contributed by atoms with E-state index >= 15 is 0 Å². The zero-order valence-corrected chi connectivity index (χ0v) is 21.4. The van der Waals surface area contributed by atoms with Crippen LogP contribution in [0.15, 0.2) is 54.6 Å². The lowest BCUT2D eigenvalue weighted by Gasteiger charge is -2.25. The first-order valence-corrected chi connectivity index (χ1v) is 13.3. The fraction of sp³-hybridized carbons (Fsp3) is 0.393. The first-order chi connectivity index (χ1) is 17.6. The molecule has 5 rings (SSSR count). The van der Waals surface area contributed by atoms with Crippen molar-refractivity contribution < 1.29 is 4.39 Å². The third-order valence-electron chi connectivity index (χ3n) is 6.86. The van der Waals surface area contributed by atoms with Gasteiger partial charge in [0.2, 0.25) is 5.95 Å². The average molecular weight is 505 g/mol. The summed E-state index contributed by atoms with van der Waals surface area (Å²) in [4.78, 5) is 14.4. The molecule has 2 N–H and O–H groups in total. The Bertz CT molecular complexity index is 1150. The Hall–Kier alpha value is -3.26. The standard InChI is InChI=1S/C28H33FN6S/c29-24-13-11-21(12-14-24)8-7-15-30-28(36)33-27-31-25(34-16-5-1-2-6-17-34)18-26(32-27)35-19-22-9-3-4-10-23(22)20-35/h3-4,9-14,18H,1-2,5-8,15-17,19-20H2,(H2,30,31,32,33,36). The number of nitrogens with zero attached hydrogens (tertiary/aromatic N) is 4. The maximum Gasteiger partial charge on any atom is 0.232 e. The van der Waals surface area contributed by atoms with E-state index in [0.29, 0.717) is 17.6 Å². The summed E-state index contributed by atoms with van der Waals surface area (Å²) in [6.45, 7) is 4.43. The van der Waals surface area contributed by atoms with Gasteiger partial charge in [-0.1, -0.05) is 49.2 Å². The maximum atomic E-state index is 13.1. The first-order valence-electron chi connectivity index (χ1n) is 12.9. The Morgan fingerprint density at radius 3 is 2.17 bits per heavy atom. The number of anilines is 3. The smallest absolute Gasteiger partial charge is 0.232 e. The summed E-state index contributed by atoms with van der Waals surface area (Å²) < 4.78 is 13.1. The maximum absolute atomic E-state index is 13.1. The lowest BCUT2D eigenvalue weighted by Crippen LogP contribution is -2.31. The molecular weight excluding hydrogens is 471 g/mol. The molecule has 2 aliphatic heterocycles. The highest BCUT2D eigenvalue weighted by Crippen LogP contribution is 2.30. The van der Waals surface area contributed by atoms with Crippen molar-refractivity contribution in [2.24, 2.45) is 0 Å². The molecule has 36 heavy (non-hydrogen) atoms. The molecule has 2 aliphatic rings. The van der Waals surface area contributed by atoms with E-state index in [2.05, 4.69) is 50.8 Å². The van der Waals surface area contributed by atoms with Gasteiger partial charge in [0.25, 0.3) is 0 Å². The SMILES string of the molecule is Fc1ccc(CCCNC(=S)Nc2nc(N3CCCCCC3)cc(N3Cc4ccccc4C3)n2)cc1. The molecule has 8 heteroatoms. The number of benzene rings is 2. The molecule has 3 aromatic rings. The fourth-order valence-electron chi connectivity index (χ4n) is 4.89. The van der Waals surface area contributed by atoms with Crippen molar-refractivity contribution in [3.63, 3.8) is 0 Å². The number of rotatable bonds is 7. The molecule has 1 saturated heterocycles. The van der Waals surface area contributed by atoms with E-state index in [-0.39, 0.29) is 5.82 Å². The molecule has 0 amide bonds. The molecule has 6 nitrogen and oxygen atoms in total. The highest BCUT2D eigenvalue weighted by atomic mass is 32.1. The third-order valence-corrected chi connectivity index (χ3v) is 7.11. The minimum atomic E-state index is -0.207. The van der Waals surface area contributed by atoms with Crippen LogP contribution in [0.4, 0.5) is 22.0 Å². The third kappa shape index (κ3) is 6.29. The molecule has 1 aromatic heterocycles. The molecule has 1 fully saturated rings.